The molecule has 2 atom stereocenters. The molecule has 346 valence electrons. The monoisotopic (exact) mass is 912 g/mol. The van der Waals surface area contributed by atoms with Crippen LogP contribution in [0.5, 0.6) is 11.5 Å². The number of nitrogens with zero attached hydrogens (tertiary/aromatic N) is 8. The number of carbonyl (C=O) groups is 2. The van der Waals surface area contributed by atoms with Crippen molar-refractivity contribution in [3.05, 3.63) is 106 Å². The molecule has 0 bridgehead atoms. The van der Waals surface area contributed by atoms with Gasteiger partial charge in [-0.2, -0.15) is 20.7 Å². The number of H-pyrrole nitrogens is 2. The molecule has 17 nitrogen and oxygen atoms in total. The van der Waals surface area contributed by atoms with E-state index in [1.807, 2.05) is 77.0 Å². The maximum absolute atomic E-state index is 14.0. The van der Waals surface area contributed by atoms with E-state index in [9.17, 15) is 20.1 Å². The van der Waals surface area contributed by atoms with E-state index in [-0.39, 0.29) is 30.9 Å². The van der Waals surface area contributed by atoms with E-state index in [0.29, 0.717) is 59.0 Å². The number of anilines is 2. The number of likely N-dealkylation sites (N-methyl/N-ethyl adjacent to an activating group) is 1. The number of methoxy groups -OCH3 is 2. The van der Waals surface area contributed by atoms with Gasteiger partial charge in [-0.3, -0.25) is 19.0 Å². The van der Waals surface area contributed by atoms with Crippen LogP contribution in [-0.4, -0.2) is 111 Å². The number of aromatic amines is 2. The first-order valence-electron chi connectivity index (χ1n) is 22.8. The highest BCUT2D eigenvalue weighted by molar-refractivity contribution is 5.97. The molecule has 4 aromatic heterocycles. The van der Waals surface area contributed by atoms with Crippen LogP contribution in [0.15, 0.2) is 67.1 Å². The number of nitriles is 2. The third-order valence-electron chi connectivity index (χ3n) is 13.6. The molecule has 6 heterocycles. The highest BCUT2D eigenvalue weighted by Gasteiger charge is 2.40. The number of piperidine rings is 1. The fourth-order valence-electron chi connectivity index (χ4n) is 9.88. The summed E-state index contributed by atoms with van der Waals surface area (Å²) in [6.07, 6.45) is 8.49. The zero-order chi connectivity index (χ0) is 47.2. The number of fused-ring (bicyclic) bond motifs is 4. The zero-order valence-electron chi connectivity index (χ0n) is 38.7. The smallest absolute Gasteiger partial charge is 0.242 e. The molecule has 2 aliphatic heterocycles. The van der Waals surface area contributed by atoms with Crippen LogP contribution in [0.2, 0.25) is 0 Å². The van der Waals surface area contributed by atoms with Crippen LogP contribution in [0.1, 0.15) is 64.4 Å². The Balaban J connectivity index is 0.865. The Kier molecular flexibility index (Phi) is 11.6. The standard InChI is InChI=1S/C51H52N12O5/c1-29-17-41(66-4)37(35-13-14-54-45(29)35)26-62-24-33-11-9-31(20-52)47(49(33)58-62)55-22-43(64)60(3)40-28-68-51(40)39-19-36-38(42(67-5)18-30(2)46(36)57-39)27-63-25-34-12-10-32(21-53)48(50(34)59-63)56-23-44(65)61-15-7-6-8-16-61/h9-14,17-19,24-25,40,51,54-57H,6-8,15-16,22-23,26-28H2,1-5H3. The maximum atomic E-state index is 14.0. The number of ether oxygens (including phenoxy) is 3. The lowest BCUT2D eigenvalue weighted by atomic mass is 10.0. The molecular weight excluding hydrogens is 861 g/mol. The lowest BCUT2D eigenvalue weighted by Gasteiger charge is -2.42. The molecule has 0 radical (unpaired) electrons. The van der Waals surface area contributed by atoms with Crippen LogP contribution < -0.4 is 20.1 Å². The van der Waals surface area contributed by atoms with Gasteiger partial charge in [-0.1, -0.05) is 0 Å². The second-order valence-electron chi connectivity index (χ2n) is 17.7. The van der Waals surface area contributed by atoms with Crippen molar-refractivity contribution in [2.24, 2.45) is 0 Å². The largest absolute Gasteiger partial charge is 0.496 e. The summed E-state index contributed by atoms with van der Waals surface area (Å²) in [7, 11) is 5.08. The van der Waals surface area contributed by atoms with Crippen LogP contribution in [0, 0.1) is 36.5 Å². The molecule has 8 aromatic rings. The SMILES string of the molecule is COc1cc(C)c2[nH]ccc2c1Cn1cc2ccc(C#N)c(NCC(=O)N(C)C3COC3c3cc4c(Cn5cc6ccc(C#N)c(NCC(=O)N7CCCCC7)c6n5)c(OC)cc(C)c4[nH]3)c2n1. The highest BCUT2D eigenvalue weighted by Crippen LogP contribution is 2.39. The van der Waals surface area contributed by atoms with Gasteiger partial charge in [-0.05, 0) is 92.8 Å². The van der Waals surface area contributed by atoms with Gasteiger partial charge >= 0.3 is 0 Å². The van der Waals surface area contributed by atoms with Gasteiger partial charge < -0.3 is 44.6 Å². The molecule has 0 saturated carbocycles. The molecule has 2 fully saturated rings. The number of amides is 2. The van der Waals surface area contributed by atoms with Crippen molar-refractivity contribution in [1.82, 2.24) is 39.3 Å². The van der Waals surface area contributed by atoms with E-state index >= 15 is 0 Å². The minimum atomic E-state index is -0.424. The van der Waals surface area contributed by atoms with Gasteiger partial charge in [0.25, 0.3) is 0 Å². The minimum absolute atomic E-state index is 0.00646. The molecule has 10 rings (SSSR count). The number of aromatic nitrogens is 6. The fraction of sp³-hybridized carbons (Fsp3) is 0.333. The van der Waals surface area contributed by atoms with Gasteiger partial charge in [0.1, 0.15) is 40.8 Å². The minimum Gasteiger partial charge on any atom is -0.496 e. The summed E-state index contributed by atoms with van der Waals surface area (Å²) in [5.41, 5.74) is 9.73. The van der Waals surface area contributed by atoms with E-state index in [1.165, 1.54) is 0 Å². The van der Waals surface area contributed by atoms with E-state index in [2.05, 4.69) is 38.8 Å². The average molecular weight is 913 g/mol. The molecule has 2 saturated heterocycles. The van der Waals surface area contributed by atoms with Crippen LogP contribution >= 0.6 is 0 Å². The molecule has 2 amide bonds. The van der Waals surface area contributed by atoms with Crippen molar-refractivity contribution in [1.29, 1.82) is 10.5 Å². The first-order chi connectivity index (χ1) is 33.1. The summed E-state index contributed by atoms with van der Waals surface area (Å²) in [6, 6.07) is 19.6. The Morgan fingerprint density at radius 3 is 1.97 bits per heavy atom. The summed E-state index contributed by atoms with van der Waals surface area (Å²) in [5.74, 6) is 1.29. The highest BCUT2D eigenvalue weighted by atomic mass is 16.5. The van der Waals surface area contributed by atoms with Crippen LogP contribution in [0.25, 0.3) is 43.6 Å². The summed E-state index contributed by atoms with van der Waals surface area (Å²) in [6.45, 7) is 6.71. The quantitative estimate of drug-likeness (QED) is 0.0854. The van der Waals surface area contributed by atoms with Crippen LogP contribution in [0.4, 0.5) is 11.4 Å². The van der Waals surface area contributed by atoms with Crippen LogP contribution in [0.3, 0.4) is 0 Å². The van der Waals surface area contributed by atoms with Crippen LogP contribution in [-0.2, 0) is 27.4 Å². The fourth-order valence-corrected chi connectivity index (χ4v) is 9.88. The Morgan fingerprint density at radius 2 is 1.40 bits per heavy atom. The predicted molar refractivity (Wildman–Crippen MR) is 259 cm³/mol. The number of carbonyl (C=O) groups excluding carboxylic acids is 2. The van der Waals surface area contributed by atoms with Gasteiger partial charge in [0, 0.05) is 88.1 Å². The lowest BCUT2D eigenvalue weighted by Crippen LogP contribution is -2.53. The maximum Gasteiger partial charge on any atom is 0.242 e. The number of aryl methyl sites for hydroxylation is 2. The van der Waals surface area contributed by atoms with Gasteiger partial charge in [0.2, 0.25) is 11.8 Å². The number of hydrogen-bond acceptors (Lipinski definition) is 11. The summed E-state index contributed by atoms with van der Waals surface area (Å²) >= 11 is 0. The third-order valence-corrected chi connectivity index (χ3v) is 13.6. The third kappa shape index (κ3) is 7.84. The molecule has 0 aliphatic carbocycles. The molecular formula is C51H52N12O5. The first kappa shape index (κ1) is 43.9. The van der Waals surface area contributed by atoms with Crippen molar-refractivity contribution < 1.29 is 23.8 Å². The van der Waals surface area contributed by atoms with Crippen molar-refractivity contribution >= 4 is 66.8 Å². The Bertz CT molecular complexity index is 3360. The van der Waals surface area contributed by atoms with Crippen molar-refractivity contribution in [2.45, 2.75) is 58.3 Å². The molecule has 4 N–H and O–H groups in total. The van der Waals surface area contributed by atoms with E-state index in [4.69, 9.17) is 24.4 Å². The Labute approximate surface area is 392 Å². The molecule has 0 spiro atoms. The normalized spacial score (nSPS) is 15.9. The van der Waals surface area contributed by atoms with Crippen molar-refractivity contribution in [3.8, 4) is 23.6 Å². The Hall–Kier alpha value is -8.02. The number of likely N-dealkylation sites (tertiary alicyclic amines) is 1. The number of benzene rings is 4. The number of nitrogens with one attached hydrogen (secondary N) is 4. The van der Waals surface area contributed by atoms with E-state index < -0.39 is 6.10 Å². The van der Waals surface area contributed by atoms with Gasteiger partial charge in [-0.15, -0.1) is 0 Å². The first-order valence-corrected chi connectivity index (χ1v) is 22.8. The number of rotatable bonds is 14. The molecule has 68 heavy (non-hydrogen) atoms. The van der Waals surface area contributed by atoms with Gasteiger partial charge in [0.05, 0.1) is 75.5 Å². The molecule has 2 unspecified atom stereocenters. The van der Waals surface area contributed by atoms with Crippen molar-refractivity contribution in [2.75, 3.05) is 64.7 Å². The Morgan fingerprint density at radius 1 is 0.809 bits per heavy atom. The second kappa shape index (κ2) is 18.0. The molecule has 4 aromatic carbocycles. The predicted octanol–water partition coefficient (Wildman–Crippen LogP) is 7.26. The van der Waals surface area contributed by atoms with Gasteiger partial charge in [-0.25, -0.2) is 0 Å². The van der Waals surface area contributed by atoms with E-state index in [0.717, 1.165) is 98.6 Å². The topological polar surface area (TPSA) is 207 Å². The lowest BCUT2D eigenvalue weighted by molar-refractivity contribution is -0.158. The molecule has 17 heteroatoms. The summed E-state index contributed by atoms with van der Waals surface area (Å²) in [5, 5.41) is 40.2. The molecule has 2 aliphatic rings. The zero-order valence-corrected chi connectivity index (χ0v) is 38.7. The average Bonchev–Trinajstić information content (AvgIpc) is 4.17. The van der Waals surface area contributed by atoms with Gasteiger partial charge in [0.15, 0.2) is 0 Å². The van der Waals surface area contributed by atoms with E-state index in [1.54, 1.807) is 38.3 Å². The second-order valence-corrected chi connectivity index (χ2v) is 17.7. The summed E-state index contributed by atoms with van der Waals surface area (Å²) < 4.78 is 21.6. The number of hydrogen-bond donors (Lipinski definition) is 4. The summed E-state index contributed by atoms with van der Waals surface area (Å²) in [4.78, 5) is 37.5. The van der Waals surface area contributed by atoms with Crippen molar-refractivity contribution in [3.63, 3.8) is 0 Å².